The Balaban J connectivity index is 1.46. The van der Waals surface area contributed by atoms with Gasteiger partial charge in [0.25, 0.3) is 0 Å². The molecule has 4 rings (SSSR count). The number of hydrogen-bond donors (Lipinski definition) is 0. The number of rotatable bonds is 7. The van der Waals surface area contributed by atoms with E-state index in [1.54, 1.807) is 18.9 Å². The summed E-state index contributed by atoms with van der Waals surface area (Å²) in [5.74, 6) is 2.33. The van der Waals surface area contributed by atoms with Gasteiger partial charge in [0, 0.05) is 26.2 Å². The van der Waals surface area contributed by atoms with Crippen LogP contribution in [0.15, 0.2) is 18.2 Å². The molecule has 6 nitrogen and oxygen atoms in total. The van der Waals surface area contributed by atoms with Gasteiger partial charge in [-0.25, -0.2) is 0 Å². The van der Waals surface area contributed by atoms with E-state index in [9.17, 15) is 4.79 Å². The number of ether oxygens (including phenoxy) is 3. The standard InChI is InChI=1S/C21H30N2O4S/c1-25-18-7-6-16(14-19(18)27-17-4-2-3-5-17)21-23(20(24)15-28-21)9-8-22-10-12-26-13-11-22/h6-7,14,17,21H,2-5,8-13,15H2,1H3. The Hall–Kier alpha value is -1.44. The minimum absolute atomic E-state index is 0.0466. The summed E-state index contributed by atoms with van der Waals surface area (Å²) in [6, 6.07) is 6.12. The lowest BCUT2D eigenvalue weighted by Crippen LogP contribution is -2.42. The van der Waals surface area contributed by atoms with E-state index in [-0.39, 0.29) is 17.4 Å². The second-order valence-electron chi connectivity index (χ2n) is 7.64. The maximum Gasteiger partial charge on any atom is 0.233 e. The smallest absolute Gasteiger partial charge is 0.233 e. The lowest BCUT2D eigenvalue weighted by molar-refractivity contribution is -0.128. The number of methoxy groups -OCH3 is 1. The van der Waals surface area contributed by atoms with Gasteiger partial charge < -0.3 is 19.1 Å². The first-order valence-corrected chi connectivity index (χ1v) is 11.4. The first kappa shape index (κ1) is 19.9. The van der Waals surface area contributed by atoms with Crippen molar-refractivity contribution in [3.63, 3.8) is 0 Å². The van der Waals surface area contributed by atoms with Gasteiger partial charge in [-0.1, -0.05) is 6.07 Å². The molecule has 1 aromatic rings. The van der Waals surface area contributed by atoms with Crippen LogP contribution in [-0.2, 0) is 9.53 Å². The van der Waals surface area contributed by atoms with Crippen molar-refractivity contribution in [3.05, 3.63) is 23.8 Å². The van der Waals surface area contributed by atoms with Crippen LogP contribution in [0.4, 0.5) is 0 Å². The summed E-state index contributed by atoms with van der Waals surface area (Å²) in [7, 11) is 1.68. The fourth-order valence-corrected chi connectivity index (χ4v) is 5.38. The monoisotopic (exact) mass is 406 g/mol. The highest BCUT2D eigenvalue weighted by Crippen LogP contribution is 2.42. The number of carbonyl (C=O) groups excluding carboxylic acids is 1. The van der Waals surface area contributed by atoms with Crippen LogP contribution in [0.1, 0.15) is 36.6 Å². The van der Waals surface area contributed by atoms with Gasteiger partial charge in [-0.05, 0) is 43.4 Å². The summed E-state index contributed by atoms with van der Waals surface area (Å²) in [5, 5.41) is 0.0466. The number of thioether (sulfide) groups is 1. The Morgan fingerprint density at radius 3 is 2.68 bits per heavy atom. The van der Waals surface area contributed by atoms with Crippen molar-refractivity contribution in [1.29, 1.82) is 0 Å². The third-order valence-electron chi connectivity index (χ3n) is 5.80. The Morgan fingerprint density at radius 1 is 1.14 bits per heavy atom. The largest absolute Gasteiger partial charge is 0.493 e. The highest BCUT2D eigenvalue weighted by atomic mass is 32.2. The zero-order chi connectivity index (χ0) is 19.3. The lowest BCUT2D eigenvalue weighted by atomic mass is 10.1. The van der Waals surface area contributed by atoms with Gasteiger partial charge in [0.15, 0.2) is 11.5 Å². The molecule has 1 aliphatic carbocycles. The van der Waals surface area contributed by atoms with Crippen molar-refractivity contribution in [1.82, 2.24) is 9.80 Å². The molecule has 0 spiro atoms. The third-order valence-corrected chi connectivity index (χ3v) is 7.05. The van der Waals surface area contributed by atoms with Crippen molar-refractivity contribution in [3.8, 4) is 11.5 Å². The number of carbonyl (C=O) groups is 1. The Bertz CT molecular complexity index is 674. The average Bonchev–Trinajstić information content (AvgIpc) is 3.37. The summed E-state index contributed by atoms with van der Waals surface area (Å²) in [5.41, 5.74) is 1.12. The van der Waals surface area contributed by atoms with Crippen LogP contribution in [-0.4, -0.2) is 74.1 Å². The maximum atomic E-state index is 12.5. The molecular formula is C21H30N2O4S. The number of amides is 1. The molecule has 7 heteroatoms. The molecule has 1 aromatic carbocycles. The van der Waals surface area contributed by atoms with Crippen LogP contribution < -0.4 is 9.47 Å². The second kappa shape index (κ2) is 9.37. The molecule has 28 heavy (non-hydrogen) atoms. The van der Waals surface area contributed by atoms with Crippen LogP contribution in [0.25, 0.3) is 0 Å². The molecule has 0 bridgehead atoms. The van der Waals surface area contributed by atoms with E-state index in [2.05, 4.69) is 17.0 Å². The van der Waals surface area contributed by atoms with Crippen LogP contribution >= 0.6 is 11.8 Å². The summed E-state index contributed by atoms with van der Waals surface area (Å²) < 4.78 is 17.2. The molecule has 154 valence electrons. The molecule has 0 radical (unpaired) electrons. The predicted octanol–water partition coefficient (Wildman–Crippen LogP) is 2.92. The van der Waals surface area contributed by atoms with E-state index < -0.39 is 0 Å². The Morgan fingerprint density at radius 2 is 1.93 bits per heavy atom. The zero-order valence-corrected chi connectivity index (χ0v) is 17.4. The number of morpholine rings is 1. The molecule has 1 amide bonds. The van der Waals surface area contributed by atoms with Gasteiger partial charge >= 0.3 is 0 Å². The molecule has 3 fully saturated rings. The summed E-state index contributed by atoms with van der Waals surface area (Å²) in [6.07, 6.45) is 4.95. The molecule has 2 heterocycles. The Labute approximate surface area is 171 Å². The van der Waals surface area contributed by atoms with Crippen LogP contribution in [0.3, 0.4) is 0 Å². The fourth-order valence-electron chi connectivity index (χ4n) is 4.17. The SMILES string of the molecule is COc1ccc(C2SCC(=O)N2CCN2CCOCC2)cc1OC1CCCC1. The topological polar surface area (TPSA) is 51.2 Å². The fraction of sp³-hybridized carbons (Fsp3) is 0.667. The normalized spacial score (nSPS) is 24.1. The average molecular weight is 407 g/mol. The van der Waals surface area contributed by atoms with E-state index in [0.717, 1.165) is 69.3 Å². The molecule has 1 atom stereocenters. The lowest BCUT2D eigenvalue weighted by Gasteiger charge is -2.31. The van der Waals surface area contributed by atoms with Crippen LogP contribution in [0.5, 0.6) is 11.5 Å². The predicted molar refractivity (Wildman–Crippen MR) is 110 cm³/mol. The molecule has 1 saturated carbocycles. The van der Waals surface area contributed by atoms with Gasteiger partial charge in [-0.3, -0.25) is 9.69 Å². The molecule has 2 aliphatic heterocycles. The number of hydrogen-bond acceptors (Lipinski definition) is 6. The van der Waals surface area contributed by atoms with Gasteiger partial charge in [-0.2, -0.15) is 0 Å². The van der Waals surface area contributed by atoms with Gasteiger partial charge in [0.05, 0.1) is 32.2 Å². The van der Waals surface area contributed by atoms with Crippen LogP contribution in [0.2, 0.25) is 0 Å². The minimum atomic E-state index is 0.0466. The summed E-state index contributed by atoms with van der Waals surface area (Å²) in [4.78, 5) is 16.9. The summed E-state index contributed by atoms with van der Waals surface area (Å²) in [6.45, 7) is 5.11. The van der Waals surface area contributed by atoms with Crippen LogP contribution in [0, 0.1) is 0 Å². The zero-order valence-electron chi connectivity index (χ0n) is 16.6. The minimum Gasteiger partial charge on any atom is -0.493 e. The second-order valence-corrected chi connectivity index (χ2v) is 8.71. The van der Waals surface area contributed by atoms with Crippen molar-refractivity contribution in [2.75, 3.05) is 52.3 Å². The van der Waals surface area contributed by atoms with Gasteiger partial charge in [0.2, 0.25) is 5.91 Å². The number of benzene rings is 1. The van der Waals surface area contributed by atoms with E-state index in [4.69, 9.17) is 14.2 Å². The summed E-state index contributed by atoms with van der Waals surface area (Å²) >= 11 is 1.70. The van der Waals surface area contributed by atoms with E-state index in [1.807, 2.05) is 11.0 Å². The molecule has 0 N–H and O–H groups in total. The van der Waals surface area contributed by atoms with Gasteiger partial charge in [0.1, 0.15) is 5.37 Å². The molecule has 2 saturated heterocycles. The van der Waals surface area contributed by atoms with Gasteiger partial charge in [-0.15, -0.1) is 11.8 Å². The first-order valence-electron chi connectivity index (χ1n) is 10.3. The molecule has 1 unspecified atom stereocenters. The van der Waals surface area contributed by atoms with Crippen molar-refractivity contribution in [2.24, 2.45) is 0 Å². The third kappa shape index (κ3) is 4.58. The highest BCUT2D eigenvalue weighted by molar-refractivity contribution is 8.00. The van der Waals surface area contributed by atoms with Crippen molar-refractivity contribution < 1.29 is 19.0 Å². The van der Waals surface area contributed by atoms with Crippen molar-refractivity contribution >= 4 is 17.7 Å². The number of nitrogens with zero attached hydrogens (tertiary/aromatic N) is 2. The van der Waals surface area contributed by atoms with Crippen molar-refractivity contribution in [2.45, 2.75) is 37.2 Å². The molecule has 0 aromatic heterocycles. The van der Waals surface area contributed by atoms with E-state index >= 15 is 0 Å². The maximum absolute atomic E-state index is 12.5. The highest BCUT2D eigenvalue weighted by Gasteiger charge is 2.33. The van der Waals surface area contributed by atoms with E-state index in [0.29, 0.717) is 5.75 Å². The quantitative estimate of drug-likeness (QED) is 0.694. The Kier molecular flexibility index (Phi) is 6.65. The first-order chi connectivity index (χ1) is 13.7. The molecule has 3 aliphatic rings. The van der Waals surface area contributed by atoms with E-state index in [1.165, 1.54) is 12.8 Å². The molecular weight excluding hydrogens is 376 g/mol.